The third-order valence-electron chi connectivity index (χ3n) is 2.43. The van der Waals surface area contributed by atoms with Crippen molar-refractivity contribution in [1.82, 2.24) is 0 Å². The topological polar surface area (TPSA) is 106 Å². The van der Waals surface area contributed by atoms with Crippen LogP contribution in [0.3, 0.4) is 0 Å². The van der Waals surface area contributed by atoms with E-state index < -0.39 is 19.1 Å². The highest BCUT2D eigenvalue weighted by Crippen LogP contribution is 2.09. The van der Waals surface area contributed by atoms with Crippen LogP contribution in [-0.4, -0.2) is 29.3 Å². The van der Waals surface area contributed by atoms with Gasteiger partial charge in [-0.25, -0.2) is 16.8 Å². The molecule has 0 bridgehead atoms. The minimum atomic E-state index is -3.19. The molecule has 140 valence electrons. The van der Waals surface area contributed by atoms with Crippen LogP contribution in [0.4, 0.5) is 11.4 Å². The van der Waals surface area contributed by atoms with Gasteiger partial charge in [0, 0.05) is 22.1 Å². The third-order valence-corrected chi connectivity index (χ3v) is 3.04. The van der Waals surface area contributed by atoms with Crippen LogP contribution in [0.5, 0.6) is 0 Å². The fraction of sp³-hybridized carbons (Fsp3) is 0.250. The van der Waals surface area contributed by atoms with Gasteiger partial charge < -0.3 is 5.73 Å². The van der Waals surface area contributed by atoms with E-state index in [0.29, 0.717) is 5.69 Å². The van der Waals surface area contributed by atoms with Crippen LogP contribution in [0, 0.1) is 13.8 Å². The number of rotatable bonds is 2. The summed E-state index contributed by atoms with van der Waals surface area (Å²) >= 11 is 0. The lowest BCUT2D eigenvalue weighted by molar-refractivity contribution is 0.606. The first kappa shape index (κ1) is 23.2. The van der Waals surface area contributed by atoms with Gasteiger partial charge in [-0.2, -0.15) is 0 Å². The van der Waals surface area contributed by atoms with E-state index >= 15 is 0 Å². The number of nitrogens with one attached hydrogen (secondary N) is 1. The number of nitrogen functional groups attached to an aromatic ring is 1. The molecule has 0 amide bonds. The van der Waals surface area contributed by atoms with Crippen molar-refractivity contribution in [2.75, 3.05) is 23.0 Å². The number of halogens is 1. The number of nitrogens with two attached hydrogens (primary N) is 1. The van der Waals surface area contributed by atoms with Gasteiger partial charge in [-0.1, -0.05) is 35.4 Å². The van der Waals surface area contributed by atoms with Gasteiger partial charge in [0.05, 0.1) is 12.5 Å². The van der Waals surface area contributed by atoms with Crippen LogP contribution in [-0.2, 0) is 19.1 Å². The Bertz CT molecular complexity index is 819. The smallest absolute Gasteiger partial charge is 0.229 e. The van der Waals surface area contributed by atoms with Crippen molar-refractivity contribution in [2.45, 2.75) is 13.8 Å². The molecule has 0 saturated heterocycles. The monoisotopic (exact) mass is 406 g/mol. The Balaban J connectivity index is 0.000000382. The van der Waals surface area contributed by atoms with Gasteiger partial charge in [-0.15, -0.1) is 0 Å². The molecule has 25 heavy (non-hydrogen) atoms. The van der Waals surface area contributed by atoms with E-state index in [2.05, 4.69) is 15.4 Å². The molecule has 0 unspecified atom stereocenters. The Morgan fingerprint density at radius 1 is 0.800 bits per heavy atom. The van der Waals surface area contributed by atoms with E-state index in [0.717, 1.165) is 23.8 Å². The number of hydrogen-bond acceptors (Lipinski definition) is 5. The molecule has 0 aliphatic rings. The van der Waals surface area contributed by atoms with Gasteiger partial charge in [0.15, 0.2) is 0 Å². The zero-order valence-electron chi connectivity index (χ0n) is 14.5. The van der Waals surface area contributed by atoms with Gasteiger partial charge in [0.25, 0.3) is 0 Å². The maximum atomic E-state index is 10.8. The Labute approximate surface area is 154 Å². The second-order valence-corrected chi connectivity index (χ2v) is 10.1. The normalized spacial score (nSPS) is 10.6. The van der Waals surface area contributed by atoms with Crippen molar-refractivity contribution >= 4 is 41.1 Å². The van der Waals surface area contributed by atoms with Crippen LogP contribution < -0.4 is 10.5 Å². The summed E-state index contributed by atoms with van der Waals surface area (Å²) < 4.78 is 42.7. The van der Waals surface area contributed by atoms with Crippen molar-refractivity contribution in [2.24, 2.45) is 0 Å². The van der Waals surface area contributed by atoms with Crippen molar-refractivity contribution in [1.29, 1.82) is 0 Å². The number of aryl methyl sites for hydroxylation is 2. The van der Waals surface area contributed by atoms with Crippen LogP contribution in [0.2, 0.25) is 0 Å². The number of benzene rings is 2. The molecule has 9 heteroatoms. The molecule has 0 saturated carbocycles. The highest BCUT2D eigenvalue weighted by Gasteiger charge is 1.99. The predicted octanol–water partition coefficient (Wildman–Crippen LogP) is 3.13. The lowest BCUT2D eigenvalue weighted by atomic mass is 10.2. The highest BCUT2D eigenvalue weighted by molar-refractivity contribution is 8.13. The number of sulfonamides is 1. The Morgan fingerprint density at radius 2 is 1.12 bits per heavy atom. The molecule has 0 spiro atoms. The third kappa shape index (κ3) is 16.9. The average molecular weight is 407 g/mol. The van der Waals surface area contributed by atoms with Crippen LogP contribution in [0.15, 0.2) is 48.5 Å². The van der Waals surface area contributed by atoms with Crippen molar-refractivity contribution in [3.05, 3.63) is 59.7 Å². The van der Waals surface area contributed by atoms with Gasteiger partial charge in [-0.3, -0.25) is 4.72 Å². The Hall–Kier alpha value is -1.77. The van der Waals surface area contributed by atoms with E-state index in [1.807, 2.05) is 50.2 Å². The van der Waals surface area contributed by atoms with Crippen LogP contribution in [0.25, 0.3) is 0 Å². The second-order valence-electron chi connectivity index (χ2n) is 5.33. The molecule has 6 nitrogen and oxygen atoms in total. The van der Waals surface area contributed by atoms with E-state index in [4.69, 9.17) is 5.73 Å². The van der Waals surface area contributed by atoms with Crippen molar-refractivity contribution < 1.29 is 16.8 Å². The first-order valence-electron chi connectivity index (χ1n) is 7.02. The average Bonchev–Trinajstić information content (AvgIpc) is 2.42. The molecular weight excluding hydrogens is 384 g/mol. The lowest BCUT2D eigenvalue weighted by Gasteiger charge is -2.02. The van der Waals surface area contributed by atoms with Gasteiger partial charge in [-0.05, 0) is 38.1 Å². The van der Waals surface area contributed by atoms with E-state index in [1.165, 1.54) is 5.56 Å². The molecule has 0 aromatic heterocycles. The van der Waals surface area contributed by atoms with Crippen molar-refractivity contribution in [3.8, 4) is 0 Å². The van der Waals surface area contributed by atoms with E-state index in [1.54, 1.807) is 12.1 Å². The summed E-state index contributed by atoms with van der Waals surface area (Å²) in [5.41, 5.74) is 9.21. The lowest BCUT2D eigenvalue weighted by Crippen LogP contribution is -2.09. The first-order valence-corrected chi connectivity index (χ1v) is 11.6. The maximum absolute atomic E-state index is 10.8. The summed E-state index contributed by atoms with van der Waals surface area (Å²) in [7, 11) is -1.83. The molecule has 0 radical (unpaired) electrons. The zero-order valence-corrected chi connectivity index (χ0v) is 16.9. The van der Waals surface area contributed by atoms with Gasteiger partial charge in [0.2, 0.25) is 19.1 Å². The first-order chi connectivity index (χ1) is 11.3. The molecule has 0 atom stereocenters. The molecular formula is C16H23ClN2O4S2. The standard InChI is InChI=1S/C8H11NO2S.C7H9N.CH3ClO2S/c1-7-3-5-8(6-4-7)9-12(2,10)11;1-6-2-4-7(8)5-3-6;1-5(2,3)4/h3-6,9H,1-2H3;2-5H,8H2,1H3;1H3. The molecule has 0 heterocycles. The molecule has 0 fully saturated rings. The summed E-state index contributed by atoms with van der Waals surface area (Å²) in [6.07, 6.45) is 2.06. The maximum Gasteiger partial charge on any atom is 0.229 e. The van der Waals surface area contributed by atoms with Gasteiger partial charge >= 0.3 is 0 Å². The fourth-order valence-electron chi connectivity index (χ4n) is 1.40. The highest BCUT2D eigenvalue weighted by atomic mass is 35.7. The second kappa shape index (κ2) is 10.3. The van der Waals surface area contributed by atoms with Crippen LogP contribution in [0.1, 0.15) is 11.1 Å². The molecule has 2 rings (SSSR count). The molecule has 0 aliphatic carbocycles. The summed E-state index contributed by atoms with van der Waals surface area (Å²) in [5.74, 6) is 0. The summed E-state index contributed by atoms with van der Waals surface area (Å²) in [5, 5.41) is 0. The number of hydrogen-bond donors (Lipinski definition) is 2. The van der Waals surface area contributed by atoms with E-state index in [-0.39, 0.29) is 0 Å². The van der Waals surface area contributed by atoms with Crippen LogP contribution >= 0.6 is 10.7 Å². The zero-order chi connectivity index (χ0) is 19.7. The number of anilines is 2. The van der Waals surface area contributed by atoms with Crippen molar-refractivity contribution in [3.63, 3.8) is 0 Å². The minimum absolute atomic E-state index is 0.600. The predicted molar refractivity (Wildman–Crippen MR) is 106 cm³/mol. The quantitative estimate of drug-likeness (QED) is 0.588. The largest absolute Gasteiger partial charge is 0.399 e. The fourth-order valence-corrected chi connectivity index (χ4v) is 1.97. The molecule has 0 aliphatic heterocycles. The molecule has 2 aromatic rings. The Morgan fingerprint density at radius 3 is 1.40 bits per heavy atom. The minimum Gasteiger partial charge on any atom is -0.399 e. The summed E-state index contributed by atoms with van der Waals surface area (Å²) in [4.78, 5) is 0. The van der Waals surface area contributed by atoms with Gasteiger partial charge in [0.1, 0.15) is 0 Å². The Kier molecular flexibility index (Phi) is 9.55. The molecule has 3 N–H and O–H groups in total. The molecule has 2 aromatic carbocycles. The SMILES string of the molecule is CS(=O)(=O)Cl.Cc1ccc(N)cc1.Cc1ccc(NS(C)(=O)=O)cc1. The van der Waals surface area contributed by atoms with E-state index in [9.17, 15) is 16.8 Å². The summed E-state index contributed by atoms with van der Waals surface area (Å²) in [6, 6.07) is 15.0. The summed E-state index contributed by atoms with van der Waals surface area (Å²) in [6.45, 7) is 3.99.